The highest BCUT2D eigenvalue weighted by Crippen LogP contribution is 2.12. The van der Waals surface area contributed by atoms with E-state index in [0.717, 1.165) is 23.5 Å². The standard InChI is InChI=1S/C28H61N4.2ClH/c1-7-9-11-13-15-17-19-21-24-31(28(29)30(3)4)25-23-27-32(5,6)26-22-20-18-16-14-12-10-8-2;;/h29H,7-27H2,1-6H3;2*1H/q+1;;/p-1. The molecule has 0 unspecified atom stereocenters. The van der Waals surface area contributed by atoms with Gasteiger partial charge in [-0.15, -0.1) is 0 Å². The summed E-state index contributed by atoms with van der Waals surface area (Å²) in [5.74, 6) is 0.932. The van der Waals surface area contributed by atoms with Crippen LogP contribution in [0.4, 0.5) is 0 Å². The number of rotatable bonds is 22. The Hall–Kier alpha value is -0.190. The molecule has 0 aromatic heterocycles. The SMILES string of the molecule is CCCCCCCCCCN(CCC[N+](C)(C)CCCCCCCCCC)C(N)=[N+](C)C.[Cl-].[Cl-]. The molecule has 6 heteroatoms. The predicted molar refractivity (Wildman–Crippen MR) is 145 cm³/mol. The Morgan fingerprint density at radius 2 is 0.941 bits per heavy atom. The fraction of sp³-hybridized carbons (Fsp3) is 0.964. The van der Waals surface area contributed by atoms with Gasteiger partial charge in [0.15, 0.2) is 0 Å². The van der Waals surface area contributed by atoms with Crippen molar-refractivity contribution < 1.29 is 33.9 Å². The van der Waals surface area contributed by atoms with Gasteiger partial charge in [0.05, 0.1) is 54.4 Å². The number of nitrogens with zero attached hydrogens (tertiary/aromatic N) is 3. The van der Waals surface area contributed by atoms with Crippen LogP contribution in [0.15, 0.2) is 0 Å². The van der Waals surface area contributed by atoms with Gasteiger partial charge in [0.25, 0.3) is 0 Å². The lowest BCUT2D eigenvalue weighted by Crippen LogP contribution is -3.00. The van der Waals surface area contributed by atoms with Crippen molar-refractivity contribution in [1.82, 2.24) is 4.90 Å². The van der Waals surface area contributed by atoms with E-state index >= 15 is 0 Å². The van der Waals surface area contributed by atoms with Crippen molar-refractivity contribution >= 4 is 5.96 Å². The van der Waals surface area contributed by atoms with E-state index < -0.39 is 0 Å². The average molecular weight is 526 g/mol. The van der Waals surface area contributed by atoms with E-state index in [1.165, 1.54) is 122 Å². The minimum absolute atomic E-state index is 0. The molecule has 208 valence electrons. The predicted octanol–water partition coefficient (Wildman–Crippen LogP) is 0.631. The summed E-state index contributed by atoms with van der Waals surface area (Å²) in [6, 6.07) is 0. The van der Waals surface area contributed by atoms with Crippen molar-refractivity contribution in [2.24, 2.45) is 5.73 Å². The number of halogens is 2. The van der Waals surface area contributed by atoms with Gasteiger partial charge in [0, 0.05) is 6.42 Å². The van der Waals surface area contributed by atoms with E-state index in [0.29, 0.717) is 0 Å². The van der Waals surface area contributed by atoms with Gasteiger partial charge in [-0.05, 0) is 19.3 Å². The molecule has 0 bridgehead atoms. The van der Waals surface area contributed by atoms with Crippen molar-refractivity contribution in [3.8, 4) is 0 Å². The van der Waals surface area contributed by atoms with Crippen molar-refractivity contribution in [1.29, 1.82) is 0 Å². The number of hydrogen-bond acceptors (Lipinski definition) is 0. The number of nitrogens with two attached hydrogens (primary N) is 1. The monoisotopic (exact) mass is 524 g/mol. The third-order valence-corrected chi connectivity index (χ3v) is 6.87. The van der Waals surface area contributed by atoms with Crippen molar-refractivity contribution in [3.05, 3.63) is 0 Å². The zero-order valence-corrected chi connectivity index (χ0v) is 25.5. The Morgan fingerprint density at radius 1 is 0.588 bits per heavy atom. The van der Waals surface area contributed by atoms with Crippen molar-refractivity contribution in [3.63, 3.8) is 0 Å². The summed E-state index contributed by atoms with van der Waals surface area (Å²) in [5.41, 5.74) is 6.43. The van der Waals surface area contributed by atoms with Crippen LogP contribution < -0.4 is 30.5 Å². The maximum Gasteiger partial charge on any atom is 0.345 e. The van der Waals surface area contributed by atoms with Gasteiger partial charge in [-0.25, -0.2) is 0 Å². The third-order valence-electron chi connectivity index (χ3n) is 6.87. The molecule has 0 saturated carbocycles. The van der Waals surface area contributed by atoms with Gasteiger partial charge >= 0.3 is 5.96 Å². The summed E-state index contributed by atoms with van der Waals surface area (Å²) < 4.78 is 3.22. The first-order valence-corrected chi connectivity index (χ1v) is 14.2. The van der Waals surface area contributed by atoms with Crippen LogP contribution in [0.3, 0.4) is 0 Å². The van der Waals surface area contributed by atoms with Gasteiger partial charge in [-0.2, -0.15) is 0 Å². The molecule has 0 rings (SSSR count). The van der Waals surface area contributed by atoms with E-state index in [4.69, 9.17) is 5.73 Å². The Bertz CT molecular complexity index is 452. The summed E-state index contributed by atoms with van der Waals surface area (Å²) >= 11 is 0. The molecule has 0 saturated heterocycles. The Kier molecular flexibility index (Phi) is 29.2. The fourth-order valence-electron chi connectivity index (χ4n) is 4.54. The molecule has 0 amide bonds. The summed E-state index contributed by atoms with van der Waals surface area (Å²) in [5, 5.41) is 0. The van der Waals surface area contributed by atoms with Crippen molar-refractivity contribution in [2.75, 3.05) is 54.4 Å². The van der Waals surface area contributed by atoms with Crippen molar-refractivity contribution in [2.45, 2.75) is 123 Å². The molecule has 4 nitrogen and oxygen atoms in total. The summed E-state index contributed by atoms with van der Waals surface area (Å²) in [7, 11) is 8.95. The number of guanidine groups is 1. The first-order valence-electron chi connectivity index (χ1n) is 14.2. The van der Waals surface area contributed by atoms with E-state index in [9.17, 15) is 0 Å². The van der Waals surface area contributed by atoms with Crippen LogP contribution in [0.2, 0.25) is 0 Å². The average Bonchev–Trinajstić information content (AvgIpc) is 2.75. The molecule has 0 aliphatic heterocycles. The Labute approximate surface area is 227 Å². The van der Waals surface area contributed by atoms with E-state index in [2.05, 4.69) is 51.5 Å². The van der Waals surface area contributed by atoms with Gasteiger partial charge in [0.1, 0.15) is 0 Å². The quantitative estimate of drug-likeness (QED) is 0.0740. The highest BCUT2D eigenvalue weighted by Gasteiger charge is 2.19. The lowest BCUT2D eigenvalue weighted by molar-refractivity contribution is -0.890. The molecule has 0 aromatic rings. The summed E-state index contributed by atoms with van der Waals surface area (Å²) in [4.78, 5) is 2.42. The lowest BCUT2D eigenvalue weighted by Gasteiger charge is -2.30. The molecule has 0 aliphatic carbocycles. The summed E-state index contributed by atoms with van der Waals surface area (Å²) in [6.45, 7) is 9.31. The molecule has 0 atom stereocenters. The van der Waals surface area contributed by atoms with Gasteiger partial charge < -0.3 is 29.3 Å². The van der Waals surface area contributed by atoms with Gasteiger partial charge in [-0.1, -0.05) is 97.3 Å². The van der Waals surface area contributed by atoms with E-state index in [1.807, 2.05) is 0 Å². The van der Waals surface area contributed by atoms with Crippen LogP contribution in [0.5, 0.6) is 0 Å². The van der Waals surface area contributed by atoms with Gasteiger partial charge in [-0.3, -0.25) is 15.2 Å². The molecular weight excluding hydrogens is 463 g/mol. The molecule has 0 radical (unpaired) electrons. The fourth-order valence-corrected chi connectivity index (χ4v) is 4.54. The zero-order chi connectivity index (χ0) is 24.1. The highest BCUT2D eigenvalue weighted by atomic mass is 35.5. The molecule has 0 fully saturated rings. The van der Waals surface area contributed by atoms with Crippen LogP contribution in [0.1, 0.15) is 123 Å². The van der Waals surface area contributed by atoms with E-state index in [-0.39, 0.29) is 24.8 Å². The molecule has 34 heavy (non-hydrogen) atoms. The smallest absolute Gasteiger partial charge is 0.345 e. The van der Waals surface area contributed by atoms with Crippen LogP contribution in [-0.4, -0.2) is 74.3 Å². The number of unbranched alkanes of at least 4 members (excludes halogenated alkanes) is 14. The number of quaternary nitrogens is 1. The summed E-state index contributed by atoms with van der Waals surface area (Å²) in [6.07, 6.45) is 23.4. The Balaban J connectivity index is -0.00000480. The number of hydrogen-bond donors (Lipinski definition) is 1. The zero-order valence-electron chi connectivity index (χ0n) is 24.0. The maximum atomic E-state index is 6.43. The first kappa shape index (κ1) is 38.3. The topological polar surface area (TPSA) is 32.3 Å². The second-order valence-electron chi connectivity index (χ2n) is 10.9. The molecule has 2 N–H and O–H groups in total. The molecular formula is C28H62Cl2N4. The molecule has 0 aromatic carbocycles. The largest absolute Gasteiger partial charge is 1.00 e. The van der Waals surface area contributed by atoms with Gasteiger partial charge in [0.2, 0.25) is 0 Å². The van der Waals surface area contributed by atoms with Crippen LogP contribution in [0.25, 0.3) is 0 Å². The Morgan fingerprint density at radius 3 is 1.38 bits per heavy atom. The normalized spacial score (nSPS) is 11.0. The van der Waals surface area contributed by atoms with Crippen LogP contribution in [-0.2, 0) is 0 Å². The second kappa shape index (κ2) is 25.9. The minimum atomic E-state index is 0. The van der Waals surface area contributed by atoms with Crippen LogP contribution >= 0.6 is 0 Å². The first-order chi connectivity index (χ1) is 15.3. The molecule has 0 aliphatic rings. The minimum Gasteiger partial charge on any atom is -1.00 e. The molecule has 0 spiro atoms. The maximum absolute atomic E-state index is 6.43. The lowest BCUT2D eigenvalue weighted by atomic mass is 10.1. The second-order valence-corrected chi connectivity index (χ2v) is 10.9. The van der Waals surface area contributed by atoms with Crippen LogP contribution in [0, 0.1) is 0 Å². The van der Waals surface area contributed by atoms with E-state index in [1.54, 1.807) is 0 Å². The molecule has 0 heterocycles. The third kappa shape index (κ3) is 23.5. The highest BCUT2D eigenvalue weighted by molar-refractivity contribution is 5.72.